The van der Waals surface area contributed by atoms with Crippen LogP contribution >= 0.6 is 0 Å². The molecule has 0 aliphatic heterocycles. The van der Waals surface area contributed by atoms with Crippen molar-refractivity contribution < 1.29 is 24.1 Å². The van der Waals surface area contributed by atoms with Crippen molar-refractivity contribution >= 4 is 0 Å². The summed E-state index contributed by atoms with van der Waals surface area (Å²) >= 11 is 0. The molecule has 0 aromatic heterocycles. The molecule has 0 amide bonds. The van der Waals surface area contributed by atoms with Gasteiger partial charge in [-0.3, -0.25) is 0 Å². The largest absolute Gasteiger partial charge is 0.394 e. The van der Waals surface area contributed by atoms with Gasteiger partial charge in [-0.05, 0) is 12.3 Å². The Balaban J connectivity index is 3.11. The van der Waals surface area contributed by atoms with E-state index >= 15 is 0 Å². The summed E-state index contributed by atoms with van der Waals surface area (Å²) in [4.78, 5) is 0. The molecule has 0 saturated heterocycles. The minimum Gasteiger partial charge on any atom is -0.394 e. The molecule has 1 atom stereocenters. The van der Waals surface area contributed by atoms with Crippen molar-refractivity contribution in [3.63, 3.8) is 0 Å². The Morgan fingerprint density at radius 2 is 1.12 bits per heavy atom. The third-order valence-corrected chi connectivity index (χ3v) is 4.05. The lowest BCUT2D eigenvalue weighted by Gasteiger charge is -2.12. The molecule has 0 fully saturated rings. The molecule has 0 saturated carbocycles. The van der Waals surface area contributed by atoms with Crippen LogP contribution in [0.2, 0.25) is 0 Å². The van der Waals surface area contributed by atoms with Crippen LogP contribution in [0.5, 0.6) is 0 Å². The van der Waals surface area contributed by atoms with Crippen molar-refractivity contribution in [3.8, 4) is 0 Å². The van der Waals surface area contributed by atoms with Gasteiger partial charge in [-0.2, -0.15) is 0 Å². The van der Waals surface area contributed by atoms with Gasteiger partial charge in [0.1, 0.15) is 0 Å². The van der Waals surface area contributed by atoms with E-state index in [9.17, 15) is 0 Å². The molecule has 0 aliphatic rings. The minimum absolute atomic E-state index is 0.0563. The second-order valence-corrected chi connectivity index (χ2v) is 6.65. The Kier molecular flexibility index (Phi) is 21.7. The number of unbranched alkanes of at least 4 members (excludes halogenated alkanes) is 6. The van der Waals surface area contributed by atoms with Crippen molar-refractivity contribution in [2.45, 2.75) is 65.2 Å². The lowest BCUT2D eigenvalue weighted by Crippen LogP contribution is -2.14. The molecule has 1 N–H and O–H groups in total. The first kappa shape index (κ1) is 24.8. The Bertz CT molecular complexity index is 238. The summed E-state index contributed by atoms with van der Waals surface area (Å²) in [6.45, 7) is 9.26. The summed E-state index contributed by atoms with van der Waals surface area (Å²) in [5, 5.41) is 8.54. The Morgan fingerprint density at radius 1 is 0.640 bits per heavy atom. The maximum absolute atomic E-state index is 8.54. The monoisotopic (exact) mass is 362 g/mol. The number of aliphatic hydroxyl groups is 1. The van der Waals surface area contributed by atoms with Crippen LogP contribution in [0, 0.1) is 5.92 Å². The predicted octanol–water partition coefficient (Wildman–Crippen LogP) is 3.82. The molecule has 5 nitrogen and oxygen atoms in total. The van der Waals surface area contributed by atoms with E-state index < -0.39 is 0 Å². The summed E-state index contributed by atoms with van der Waals surface area (Å²) in [7, 11) is 0. The summed E-state index contributed by atoms with van der Waals surface area (Å²) in [5.41, 5.74) is 0. The number of rotatable bonds is 21. The second kappa shape index (κ2) is 21.8. The zero-order valence-corrected chi connectivity index (χ0v) is 16.7. The quantitative estimate of drug-likeness (QED) is 0.315. The highest BCUT2D eigenvalue weighted by Gasteiger charge is 2.02. The molecular formula is C20H42O5. The highest BCUT2D eigenvalue weighted by atomic mass is 16.6. The standard InChI is InChI=1S/C20H42O5/c1-3-4-5-6-7-8-9-10-20(2)19-25-18-17-24-16-15-23-14-13-22-12-11-21/h20-21H,3-19H2,1-2H3. The van der Waals surface area contributed by atoms with Crippen molar-refractivity contribution in [3.05, 3.63) is 0 Å². The molecule has 0 aromatic rings. The van der Waals surface area contributed by atoms with Crippen molar-refractivity contribution in [1.29, 1.82) is 0 Å². The van der Waals surface area contributed by atoms with Gasteiger partial charge >= 0.3 is 0 Å². The first-order chi connectivity index (χ1) is 12.3. The normalized spacial score (nSPS) is 12.6. The maximum atomic E-state index is 8.54. The van der Waals surface area contributed by atoms with Crippen molar-refractivity contribution in [2.24, 2.45) is 5.92 Å². The average Bonchev–Trinajstić information content (AvgIpc) is 2.62. The predicted molar refractivity (Wildman–Crippen MR) is 102 cm³/mol. The van der Waals surface area contributed by atoms with Crippen LogP contribution in [0.3, 0.4) is 0 Å². The zero-order chi connectivity index (χ0) is 18.4. The van der Waals surface area contributed by atoms with Crippen molar-refractivity contribution in [1.82, 2.24) is 0 Å². The van der Waals surface area contributed by atoms with Gasteiger partial charge in [0.25, 0.3) is 0 Å². The smallest absolute Gasteiger partial charge is 0.0701 e. The van der Waals surface area contributed by atoms with Crippen LogP contribution in [0.1, 0.15) is 65.2 Å². The lowest BCUT2D eigenvalue weighted by molar-refractivity contribution is -0.00868. The molecule has 0 rings (SSSR count). The zero-order valence-electron chi connectivity index (χ0n) is 16.7. The first-order valence-corrected chi connectivity index (χ1v) is 10.2. The van der Waals surface area contributed by atoms with Gasteiger partial charge in [-0.15, -0.1) is 0 Å². The summed E-state index contributed by atoms with van der Waals surface area (Å²) in [5.74, 6) is 0.637. The number of hydrogen-bond donors (Lipinski definition) is 1. The van der Waals surface area contributed by atoms with E-state index in [2.05, 4.69) is 13.8 Å². The molecule has 1 unspecified atom stereocenters. The van der Waals surface area contributed by atoms with Gasteiger partial charge in [-0.25, -0.2) is 0 Å². The lowest BCUT2D eigenvalue weighted by atomic mass is 10.0. The number of ether oxygens (including phenoxy) is 4. The van der Waals surface area contributed by atoms with E-state index in [1.165, 1.54) is 51.4 Å². The Labute approximate surface area is 155 Å². The van der Waals surface area contributed by atoms with Gasteiger partial charge in [0.15, 0.2) is 0 Å². The molecular weight excluding hydrogens is 320 g/mol. The van der Waals surface area contributed by atoms with Crippen LogP contribution < -0.4 is 0 Å². The number of hydrogen-bond acceptors (Lipinski definition) is 5. The van der Waals surface area contributed by atoms with E-state index in [1.54, 1.807) is 0 Å². The van der Waals surface area contributed by atoms with Crippen molar-refractivity contribution in [2.75, 3.05) is 59.5 Å². The van der Waals surface area contributed by atoms with Gasteiger partial charge in [0.05, 0.1) is 52.9 Å². The summed E-state index contributed by atoms with van der Waals surface area (Å²) < 4.78 is 21.5. The highest BCUT2D eigenvalue weighted by Crippen LogP contribution is 2.12. The van der Waals surface area contributed by atoms with E-state index in [4.69, 9.17) is 24.1 Å². The highest BCUT2D eigenvalue weighted by molar-refractivity contribution is 4.53. The molecule has 0 heterocycles. The SMILES string of the molecule is CCCCCCCCCC(C)COCCOCCOCCOCCO. The maximum Gasteiger partial charge on any atom is 0.0701 e. The van der Waals surface area contributed by atoms with Gasteiger partial charge in [-0.1, -0.05) is 58.8 Å². The molecule has 152 valence electrons. The van der Waals surface area contributed by atoms with Gasteiger partial charge < -0.3 is 24.1 Å². The molecule has 25 heavy (non-hydrogen) atoms. The Hall–Kier alpha value is -0.200. The van der Waals surface area contributed by atoms with Gasteiger partial charge in [0, 0.05) is 6.61 Å². The third-order valence-electron chi connectivity index (χ3n) is 4.05. The molecule has 0 aromatic carbocycles. The fourth-order valence-corrected chi connectivity index (χ4v) is 2.54. The van der Waals surface area contributed by atoms with E-state index in [0.717, 1.165) is 6.61 Å². The average molecular weight is 363 g/mol. The first-order valence-electron chi connectivity index (χ1n) is 10.2. The second-order valence-electron chi connectivity index (χ2n) is 6.65. The minimum atomic E-state index is 0.0563. The Morgan fingerprint density at radius 3 is 1.68 bits per heavy atom. The van der Waals surface area contributed by atoms with E-state index in [-0.39, 0.29) is 6.61 Å². The van der Waals surface area contributed by atoms with Crippen LogP contribution in [0.4, 0.5) is 0 Å². The molecule has 0 aliphatic carbocycles. The van der Waals surface area contributed by atoms with Crippen LogP contribution in [-0.4, -0.2) is 64.6 Å². The van der Waals surface area contributed by atoms with Crippen LogP contribution in [0.15, 0.2) is 0 Å². The molecule has 0 spiro atoms. The van der Waals surface area contributed by atoms with E-state index in [1.807, 2.05) is 0 Å². The van der Waals surface area contributed by atoms with Crippen LogP contribution in [0.25, 0.3) is 0 Å². The molecule has 0 radical (unpaired) electrons. The van der Waals surface area contributed by atoms with Gasteiger partial charge in [0.2, 0.25) is 0 Å². The van der Waals surface area contributed by atoms with Crippen LogP contribution in [-0.2, 0) is 18.9 Å². The third kappa shape index (κ3) is 21.8. The fraction of sp³-hybridized carbons (Fsp3) is 1.00. The van der Waals surface area contributed by atoms with E-state index in [0.29, 0.717) is 52.2 Å². The summed E-state index contributed by atoms with van der Waals surface area (Å²) in [6.07, 6.45) is 10.8. The molecule has 5 heteroatoms. The topological polar surface area (TPSA) is 57.2 Å². The fourth-order valence-electron chi connectivity index (χ4n) is 2.54. The molecule has 0 bridgehead atoms. The summed E-state index contributed by atoms with van der Waals surface area (Å²) in [6, 6.07) is 0. The number of aliphatic hydroxyl groups excluding tert-OH is 1.